The van der Waals surface area contributed by atoms with E-state index in [9.17, 15) is 4.79 Å². The summed E-state index contributed by atoms with van der Waals surface area (Å²) in [5.41, 5.74) is 0. The molecule has 0 fully saturated rings. The molecule has 0 aliphatic carbocycles. The molecule has 0 aromatic heterocycles. The Morgan fingerprint density at radius 1 is 1.67 bits per heavy atom. The van der Waals surface area contributed by atoms with Crippen molar-refractivity contribution in [3.63, 3.8) is 0 Å². The standard InChI is InChI=1S/C8H16O3S/c1-3-7(6-8(9)10)12-5-4-11-2/h7H,3-6H2,1-2H3,(H,9,10). The largest absolute Gasteiger partial charge is 0.481 e. The van der Waals surface area contributed by atoms with Crippen molar-refractivity contribution in [1.29, 1.82) is 0 Å². The SMILES string of the molecule is CCC(CC(=O)O)SCCOC. The van der Waals surface area contributed by atoms with Crippen LogP contribution < -0.4 is 0 Å². The Kier molecular flexibility index (Phi) is 7.29. The van der Waals surface area contributed by atoms with Gasteiger partial charge in [0.1, 0.15) is 0 Å². The molecule has 1 unspecified atom stereocenters. The van der Waals surface area contributed by atoms with Crippen molar-refractivity contribution in [2.75, 3.05) is 19.5 Å². The molecule has 0 aliphatic rings. The van der Waals surface area contributed by atoms with Gasteiger partial charge < -0.3 is 9.84 Å². The van der Waals surface area contributed by atoms with Crippen LogP contribution in [0.4, 0.5) is 0 Å². The van der Waals surface area contributed by atoms with Crippen LogP contribution >= 0.6 is 11.8 Å². The van der Waals surface area contributed by atoms with E-state index in [2.05, 4.69) is 0 Å². The summed E-state index contributed by atoms with van der Waals surface area (Å²) in [5, 5.41) is 8.76. The highest BCUT2D eigenvalue weighted by Crippen LogP contribution is 2.17. The Labute approximate surface area is 77.5 Å². The van der Waals surface area contributed by atoms with E-state index in [1.807, 2.05) is 6.92 Å². The summed E-state index contributed by atoms with van der Waals surface area (Å²) in [6.07, 6.45) is 1.16. The highest BCUT2D eigenvalue weighted by molar-refractivity contribution is 7.99. The summed E-state index contributed by atoms with van der Waals surface area (Å²) < 4.78 is 4.87. The number of methoxy groups -OCH3 is 1. The lowest BCUT2D eigenvalue weighted by Gasteiger charge is -2.10. The molecular weight excluding hydrogens is 176 g/mol. The zero-order chi connectivity index (χ0) is 9.40. The quantitative estimate of drug-likeness (QED) is 0.623. The molecule has 0 saturated carbocycles. The second kappa shape index (κ2) is 7.43. The van der Waals surface area contributed by atoms with E-state index in [0.717, 1.165) is 12.2 Å². The van der Waals surface area contributed by atoms with E-state index in [1.165, 1.54) is 0 Å². The molecule has 0 radical (unpaired) electrons. The van der Waals surface area contributed by atoms with Gasteiger partial charge in [-0.2, -0.15) is 11.8 Å². The van der Waals surface area contributed by atoms with Crippen LogP contribution in [0.5, 0.6) is 0 Å². The Hall–Kier alpha value is -0.220. The minimum Gasteiger partial charge on any atom is -0.481 e. The van der Waals surface area contributed by atoms with Crippen molar-refractivity contribution in [2.45, 2.75) is 25.0 Å². The fourth-order valence-corrected chi connectivity index (χ4v) is 1.91. The zero-order valence-corrected chi connectivity index (χ0v) is 8.39. The van der Waals surface area contributed by atoms with Crippen LogP contribution in [0.2, 0.25) is 0 Å². The van der Waals surface area contributed by atoms with Crippen molar-refractivity contribution in [3.05, 3.63) is 0 Å². The molecule has 4 heteroatoms. The van der Waals surface area contributed by atoms with Crippen LogP contribution in [0, 0.1) is 0 Å². The van der Waals surface area contributed by atoms with Crippen LogP contribution in [0.25, 0.3) is 0 Å². The maximum atomic E-state index is 10.4. The van der Waals surface area contributed by atoms with Crippen molar-refractivity contribution >= 4 is 17.7 Å². The molecule has 12 heavy (non-hydrogen) atoms. The van der Waals surface area contributed by atoms with Crippen molar-refractivity contribution in [2.24, 2.45) is 0 Å². The summed E-state index contributed by atoms with van der Waals surface area (Å²) in [6, 6.07) is 0. The van der Waals surface area contributed by atoms with Crippen LogP contribution in [-0.2, 0) is 9.53 Å². The lowest BCUT2D eigenvalue weighted by Crippen LogP contribution is -2.10. The summed E-state index contributed by atoms with van der Waals surface area (Å²) >= 11 is 1.67. The number of ether oxygens (including phenoxy) is 1. The third-order valence-corrected chi connectivity index (χ3v) is 2.87. The Morgan fingerprint density at radius 2 is 2.33 bits per heavy atom. The molecule has 72 valence electrons. The summed E-state index contributed by atoms with van der Waals surface area (Å²) in [7, 11) is 1.65. The van der Waals surface area contributed by atoms with Crippen LogP contribution in [0.15, 0.2) is 0 Å². The molecule has 1 atom stereocenters. The molecule has 0 spiro atoms. The second-order valence-electron chi connectivity index (χ2n) is 2.49. The van der Waals surface area contributed by atoms with Gasteiger partial charge in [-0.15, -0.1) is 0 Å². The van der Waals surface area contributed by atoms with Gasteiger partial charge in [0.25, 0.3) is 0 Å². The molecule has 0 amide bonds. The first-order chi connectivity index (χ1) is 5.70. The van der Waals surface area contributed by atoms with Gasteiger partial charge in [0.2, 0.25) is 0 Å². The van der Waals surface area contributed by atoms with Crippen LogP contribution in [-0.4, -0.2) is 35.8 Å². The van der Waals surface area contributed by atoms with Gasteiger partial charge in [0, 0.05) is 18.1 Å². The van der Waals surface area contributed by atoms with E-state index >= 15 is 0 Å². The molecule has 0 aromatic carbocycles. The van der Waals surface area contributed by atoms with E-state index in [1.54, 1.807) is 18.9 Å². The van der Waals surface area contributed by atoms with Crippen molar-refractivity contribution in [1.82, 2.24) is 0 Å². The van der Waals surface area contributed by atoms with Crippen molar-refractivity contribution in [3.8, 4) is 0 Å². The Bertz CT molecular complexity index is 127. The summed E-state index contributed by atoms with van der Waals surface area (Å²) in [6.45, 7) is 2.70. The van der Waals surface area contributed by atoms with Gasteiger partial charge in [-0.3, -0.25) is 4.79 Å². The number of aliphatic carboxylic acids is 1. The molecule has 0 bridgehead atoms. The lowest BCUT2D eigenvalue weighted by molar-refractivity contribution is -0.136. The number of carboxylic acids is 1. The fraction of sp³-hybridized carbons (Fsp3) is 0.875. The van der Waals surface area contributed by atoms with E-state index in [-0.39, 0.29) is 11.7 Å². The van der Waals surface area contributed by atoms with E-state index in [4.69, 9.17) is 9.84 Å². The monoisotopic (exact) mass is 192 g/mol. The zero-order valence-electron chi connectivity index (χ0n) is 7.58. The van der Waals surface area contributed by atoms with E-state index < -0.39 is 5.97 Å². The summed E-state index contributed by atoms with van der Waals surface area (Å²) in [4.78, 5) is 10.4. The van der Waals surface area contributed by atoms with Gasteiger partial charge in [0.05, 0.1) is 13.0 Å². The van der Waals surface area contributed by atoms with Gasteiger partial charge in [-0.1, -0.05) is 6.92 Å². The third-order valence-electron chi connectivity index (χ3n) is 1.50. The predicted octanol–water partition coefficient (Wildman–Crippen LogP) is 1.62. The fourth-order valence-electron chi connectivity index (χ4n) is 0.814. The molecule has 1 N–H and O–H groups in total. The van der Waals surface area contributed by atoms with Gasteiger partial charge in [-0.25, -0.2) is 0 Å². The van der Waals surface area contributed by atoms with Gasteiger partial charge in [0.15, 0.2) is 0 Å². The maximum Gasteiger partial charge on any atom is 0.304 e. The first-order valence-corrected chi connectivity index (χ1v) is 5.07. The molecule has 0 aliphatic heterocycles. The van der Waals surface area contributed by atoms with E-state index in [0.29, 0.717) is 6.61 Å². The van der Waals surface area contributed by atoms with Crippen LogP contribution in [0.1, 0.15) is 19.8 Å². The maximum absolute atomic E-state index is 10.4. The normalized spacial score (nSPS) is 12.8. The first-order valence-electron chi connectivity index (χ1n) is 4.03. The molecule has 0 rings (SSSR count). The van der Waals surface area contributed by atoms with Crippen molar-refractivity contribution < 1.29 is 14.6 Å². The number of rotatable bonds is 7. The number of hydrogen-bond acceptors (Lipinski definition) is 3. The smallest absolute Gasteiger partial charge is 0.304 e. The van der Waals surface area contributed by atoms with Crippen LogP contribution in [0.3, 0.4) is 0 Å². The molecule has 0 aromatic rings. The number of thioether (sulfide) groups is 1. The number of hydrogen-bond donors (Lipinski definition) is 1. The number of carbonyl (C=O) groups is 1. The summed E-state index contributed by atoms with van der Waals surface area (Å²) in [5.74, 6) is 0.161. The molecule has 3 nitrogen and oxygen atoms in total. The topological polar surface area (TPSA) is 46.5 Å². The third kappa shape index (κ3) is 6.49. The average molecular weight is 192 g/mol. The highest BCUT2D eigenvalue weighted by atomic mass is 32.2. The first kappa shape index (κ1) is 11.8. The molecule has 0 heterocycles. The minimum atomic E-state index is -0.716. The van der Waals surface area contributed by atoms with Gasteiger partial charge >= 0.3 is 5.97 Å². The second-order valence-corrected chi connectivity index (χ2v) is 3.90. The molecule has 0 saturated heterocycles. The predicted molar refractivity (Wildman–Crippen MR) is 50.7 cm³/mol. The minimum absolute atomic E-state index is 0.234. The molecular formula is C8H16O3S. The van der Waals surface area contributed by atoms with Gasteiger partial charge in [-0.05, 0) is 6.42 Å². The Morgan fingerprint density at radius 3 is 2.75 bits per heavy atom. The lowest BCUT2D eigenvalue weighted by atomic mass is 10.2. The number of carboxylic acid groups (broad SMARTS) is 1. The highest BCUT2D eigenvalue weighted by Gasteiger charge is 2.10. The Balaban J connectivity index is 3.46. The average Bonchev–Trinajstić information content (AvgIpc) is 2.02.